The van der Waals surface area contributed by atoms with Crippen molar-refractivity contribution in [1.82, 2.24) is 4.98 Å². The number of rotatable bonds is 0. The van der Waals surface area contributed by atoms with Crippen molar-refractivity contribution in [2.45, 2.75) is 27.7 Å². The maximum absolute atomic E-state index is 3.85. The molecular weight excluding hydrogens is 134 g/mol. The summed E-state index contributed by atoms with van der Waals surface area (Å²) in [6, 6.07) is 3.94. The topological polar surface area (TPSA) is 12.9 Å². The summed E-state index contributed by atoms with van der Waals surface area (Å²) in [4.78, 5) is 3.85. The molecule has 0 aromatic carbocycles. The van der Waals surface area contributed by atoms with E-state index in [0.29, 0.717) is 0 Å². The van der Waals surface area contributed by atoms with E-state index in [2.05, 4.69) is 25.8 Å². The van der Waals surface area contributed by atoms with Crippen LogP contribution in [-0.2, 0) is 0 Å². The van der Waals surface area contributed by atoms with Crippen molar-refractivity contribution in [3.8, 4) is 0 Å². The minimum absolute atomic E-state index is 0.833. The van der Waals surface area contributed by atoms with Crippen molar-refractivity contribution in [3.63, 3.8) is 0 Å². The van der Waals surface area contributed by atoms with Crippen molar-refractivity contribution < 1.29 is 0 Å². The third-order valence-corrected chi connectivity index (χ3v) is 0.847. The average molecular weight is 151 g/mol. The Hall–Kier alpha value is -0.850. The van der Waals surface area contributed by atoms with Crippen LogP contribution in [0.4, 0.5) is 0 Å². The second-order valence-corrected chi connectivity index (χ2v) is 3.26. The monoisotopic (exact) mass is 151 g/mol. The largest absolute Gasteiger partial charge is 0.265 e. The van der Waals surface area contributed by atoms with Crippen LogP contribution < -0.4 is 0 Å². The number of hydrogen-bond acceptors (Lipinski definition) is 1. The molecule has 0 unspecified atom stereocenters. The summed E-state index contributed by atoms with van der Waals surface area (Å²) in [7, 11) is 0. The van der Waals surface area contributed by atoms with Gasteiger partial charge in [0.2, 0.25) is 0 Å². The molecule has 0 saturated heterocycles. The fourth-order valence-electron chi connectivity index (χ4n) is 0.426. The number of aryl methyl sites for hydroxylation is 1. The van der Waals surface area contributed by atoms with E-state index in [9.17, 15) is 0 Å². The van der Waals surface area contributed by atoms with E-state index in [-0.39, 0.29) is 0 Å². The van der Waals surface area contributed by atoms with Gasteiger partial charge in [-0.1, -0.05) is 20.8 Å². The molecule has 0 amide bonds. The van der Waals surface area contributed by atoms with Gasteiger partial charge in [0.05, 0.1) is 0 Å². The van der Waals surface area contributed by atoms with E-state index in [1.54, 1.807) is 12.4 Å². The number of hydrogen-bond donors (Lipinski definition) is 0. The normalized spacial score (nSPS) is 8.82. The summed E-state index contributed by atoms with van der Waals surface area (Å²) in [5, 5.41) is 0. The molecule has 0 aliphatic rings. The van der Waals surface area contributed by atoms with Crippen LogP contribution in [0, 0.1) is 12.8 Å². The Labute approximate surface area is 69.5 Å². The molecule has 1 aromatic heterocycles. The highest BCUT2D eigenvalue weighted by molar-refractivity contribution is 5.05. The van der Waals surface area contributed by atoms with Gasteiger partial charge in [-0.3, -0.25) is 4.98 Å². The SMILES string of the molecule is CC(C)C.Cc1ccncc1. The third-order valence-electron chi connectivity index (χ3n) is 0.847. The number of aromatic nitrogens is 1. The smallest absolute Gasteiger partial charge is 0.0270 e. The van der Waals surface area contributed by atoms with Crippen molar-refractivity contribution in [3.05, 3.63) is 30.1 Å². The fourth-order valence-corrected chi connectivity index (χ4v) is 0.426. The van der Waals surface area contributed by atoms with E-state index >= 15 is 0 Å². The van der Waals surface area contributed by atoms with Crippen LogP contribution in [0.1, 0.15) is 26.3 Å². The highest BCUT2D eigenvalue weighted by Gasteiger charge is 1.73. The summed E-state index contributed by atoms with van der Waals surface area (Å²) in [5.41, 5.74) is 1.26. The van der Waals surface area contributed by atoms with E-state index in [1.807, 2.05) is 19.1 Å². The summed E-state index contributed by atoms with van der Waals surface area (Å²) in [6.07, 6.45) is 3.57. The van der Waals surface area contributed by atoms with Crippen molar-refractivity contribution in [2.24, 2.45) is 5.92 Å². The third kappa shape index (κ3) is 9.15. The van der Waals surface area contributed by atoms with Gasteiger partial charge in [0.1, 0.15) is 0 Å². The van der Waals surface area contributed by atoms with Crippen molar-refractivity contribution in [1.29, 1.82) is 0 Å². The van der Waals surface area contributed by atoms with Crippen molar-refractivity contribution in [2.75, 3.05) is 0 Å². The Balaban J connectivity index is 0.000000218. The molecule has 11 heavy (non-hydrogen) atoms. The lowest BCUT2D eigenvalue weighted by molar-refractivity contribution is 0.737. The first-order chi connectivity index (χ1) is 5.13. The fraction of sp³-hybridized carbons (Fsp3) is 0.500. The minimum atomic E-state index is 0.833. The summed E-state index contributed by atoms with van der Waals surface area (Å²) in [6.45, 7) is 8.54. The molecule has 1 heteroatoms. The standard InChI is InChI=1S/C6H7N.C4H10/c1-6-2-4-7-5-3-6;1-4(2)3/h2-5H,1H3;4H,1-3H3. The van der Waals surface area contributed by atoms with Gasteiger partial charge in [-0.2, -0.15) is 0 Å². The van der Waals surface area contributed by atoms with E-state index in [1.165, 1.54) is 5.56 Å². The Bertz CT molecular complexity index is 165. The Morgan fingerprint density at radius 3 is 1.64 bits per heavy atom. The average Bonchev–Trinajstić information content (AvgIpc) is 1.87. The molecule has 0 aliphatic carbocycles. The molecule has 1 aromatic rings. The van der Waals surface area contributed by atoms with E-state index in [4.69, 9.17) is 0 Å². The Morgan fingerprint density at radius 2 is 1.45 bits per heavy atom. The zero-order valence-electron chi connectivity index (χ0n) is 7.83. The minimum Gasteiger partial charge on any atom is -0.265 e. The van der Waals surface area contributed by atoms with E-state index < -0.39 is 0 Å². The lowest BCUT2D eigenvalue weighted by atomic mass is 10.3. The van der Waals surface area contributed by atoms with Gasteiger partial charge in [-0.15, -0.1) is 0 Å². The molecule has 0 bridgehead atoms. The van der Waals surface area contributed by atoms with Gasteiger partial charge in [0, 0.05) is 12.4 Å². The molecule has 0 radical (unpaired) electrons. The summed E-state index contributed by atoms with van der Waals surface area (Å²) in [5.74, 6) is 0.833. The van der Waals surface area contributed by atoms with Crippen LogP contribution in [0.2, 0.25) is 0 Å². The highest BCUT2D eigenvalue weighted by Crippen LogP contribution is 1.88. The lowest BCUT2D eigenvalue weighted by Crippen LogP contribution is -1.68. The van der Waals surface area contributed by atoms with Gasteiger partial charge >= 0.3 is 0 Å². The number of pyridine rings is 1. The van der Waals surface area contributed by atoms with Crippen LogP contribution in [0.15, 0.2) is 24.5 Å². The number of nitrogens with zero attached hydrogens (tertiary/aromatic N) is 1. The van der Waals surface area contributed by atoms with E-state index in [0.717, 1.165) is 5.92 Å². The van der Waals surface area contributed by atoms with Crippen LogP contribution in [0.5, 0.6) is 0 Å². The molecule has 1 rings (SSSR count). The Morgan fingerprint density at radius 1 is 1.09 bits per heavy atom. The van der Waals surface area contributed by atoms with Crippen molar-refractivity contribution >= 4 is 0 Å². The van der Waals surface area contributed by atoms with Crippen LogP contribution in [0.3, 0.4) is 0 Å². The second kappa shape index (κ2) is 5.90. The summed E-state index contributed by atoms with van der Waals surface area (Å²) >= 11 is 0. The molecule has 0 aliphatic heterocycles. The van der Waals surface area contributed by atoms with Crippen LogP contribution in [0.25, 0.3) is 0 Å². The maximum atomic E-state index is 3.85. The zero-order chi connectivity index (χ0) is 8.69. The lowest BCUT2D eigenvalue weighted by Gasteiger charge is -1.82. The van der Waals surface area contributed by atoms with Gasteiger partial charge in [-0.05, 0) is 30.5 Å². The molecule has 0 spiro atoms. The Kier molecular flexibility index (Phi) is 5.44. The molecular formula is C10H17N. The molecule has 0 N–H and O–H groups in total. The van der Waals surface area contributed by atoms with Gasteiger partial charge in [0.15, 0.2) is 0 Å². The second-order valence-electron chi connectivity index (χ2n) is 3.26. The first kappa shape index (κ1) is 10.2. The predicted molar refractivity (Wildman–Crippen MR) is 49.5 cm³/mol. The highest BCUT2D eigenvalue weighted by atomic mass is 14.6. The van der Waals surface area contributed by atoms with Gasteiger partial charge < -0.3 is 0 Å². The van der Waals surface area contributed by atoms with Crippen LogP contribution >= 0.6 is 0 Å². The van der Waals surface area contributed by atoms with Crippen LogP contribution in [-0.4, -0.2) is 4.98 Å². The van der Waals surface area contributed by atoms with Gasteiger partial charge in [0.25, 0.3) is 0 Å². The first-order valence-corrected chi connectivity index (χ1v) is 3.99. The zero-order valence-corrected chi connectivity index (χ0v) is 7.83. The summed E-state index contributed by atoms with van der Waals surface area (Å²) < 4.78 is 0. The molecule has 0 saturated carbocycles. The molecule has 62 valence electrons. The molecule has 1 heterocycles. The predicted octanol–water partition coefficient (Wildman–Crippen LogP) is 3.05. The van der Waals surface area contributed by atoms with Gasteiger partial charge in [-0.25, -0.2) is 0 Å². The first-order valence-electron chi connectivity index (χ1n) is 3.99. The molecule has 1 nitrogen and oxygen atoms in total. The molecule has 0 atom stereocenters. The quantitative estimate of drug-likeness (QED) is 0.555. The molecule has 0 fully saturated rings. The maximum Gasteiger partial charge on any atom is 0.0270 e.